The van der Waals surface area contributed by atoms with E-state index in [1.807, 2.05) is 6.07 Å². The molecule has 8 nitrogen and oxygen atoms in total. The third-order valence-corrected chi connectivity index (χ3v) is 5.87. The maximum Gasteiger partial charge on any atom is 0.328 e. The fourth-order valence-electron chi connectivity index (χ4n) is 2.79. The molecule has 0 spiro atoms. The molecule has 1 heterocycles. The van der Waals surface area contributed by atoms with Crippen LogP contribution >= 0.6 is 24.0 Å². The van der Waals surface area contributed by atoms with E-state index in [-0.39, 0.29) is 18.5 Å². The Labute approximate surface area is 191 Å². The molecule has 1 atom stereocenters. The predicted molar refractivity (Wildman–Crippen MR) is 127 cm³/mol. The number of esters is 1. The van der Waals surface area contributed by atoms with Gasteiger partial charge in [0, 0.05) is 31.0 Å². The number of unbranched alkanes of at least 4 members (excludes halogenated alkanes) is 2. The number of ether oxygens (including phenoxy) is 1. The largest absolute Gasteiger partial charge is 0.465 e. The van der Waals surface area contributed by atoms with Gasteiger partial charge < -0.3 is 10.1 Å². The first-order valence-electron chi connectivity index (χ1n) is 10.1. The molecule has 0 aliphatic heterocycles. The Hall–Kier alpha value is -2.59. The maximum absolute atomic E-state index is 13.0. The number of carbonyl (C=O) groups excluding carboxylic acids is 3. The SMILES string of the molecule is CCCCCN(C(=O)Nc1ncc(C(S)C(=O)OCC)s1)c1cccc(NC(C)=O)c1. The fourth-order valence-corrected chi connectivity index (χ4v) is 3.87. The van der Waals surface area contributed by atoms with Crippen LogP contribution in [0.1, 0.15) is 50.2 Å². The van der Waals surface area contributed by atoms with E-state index < -0.39 is 11.2 Å². The van der Waals surface area contributed by atoms with Gasteiger partial charge in [-0.3, -0.25) is 19.8 Å². The van der Waals surface area contributed by atoms with Gasteiger partial charge in [0.1, 0.15) is 5.25 Å². The predicted octanol–water partition coefficient (Wildman–Crippen LogP) is 4.86. The molecule has 0 bridgehead atoms. The van der Waals surface area contributed by atoms with Gasteiger partial charge >= 0.3 is 12.0 Å². The van der Waals surface area contributed by atoms with Gasteiger partial charge in [0.15, 0.2) is 5.13 Å². The number of amides is 3. The van der Waals surface area contributed by atoms with E-state index >= 15 is 0 Å². The molecule has 0 aliphatic rings. The summed E-state index contributed by atoms with van der Waals surface area (Å²) in [4.78, 5) is 42.7. The van der Waals surface area contributed by atoms with Crippen molar-refractivity contribution in [1.29, 1.82) is 0 Å². The van der Waals surface area contributed by atoms with Crippen molar-refractivity contribution in [1.82, 2.24) is 4.98 Å². The summed E-state index contributed by atoms with van der Waals surface area (Å²) in [6, 6.07) is 6.78. The number of anilines is 3. The summed E-state index contributed by atoms with van der Waals surface area (Å²) >= 11 is 5.46. The van der Waals surface area contributed by atoms with Crippen molar-refractivity contribution in [2.75, 3.05) is 28.7 Å². The highest BCUT2D eigenvalue weighted by Crippen LogP contribution is 2.30. The van der Waals surface area contributed by atoms with Crippen molar-refractivity contribution in [3.63, 3.8) is 0 Å². The van der Waals surface area contributed by atoms with Gasteiger partial charge in [0.05, 0.1) is 11.5 Å². The van der Waals surface area contributed by atoms with Crippen molar-refractivity contribution < 1.29 is 19.1 Å². The summed E-state index contributed by atoms with van der Waals surface area (Å²) in [5, 5.41) is 5.14. The van der Waals surface area contributed by atoms with Crippen LogP contribution in [0, 0.1) is 0 Å². The highest BCUT2D eigenvalue weighted by molar-refractivity contribution is 7.81. The normalized spacial score (nSPS) is 11.5. The summed E-state index contributed by atoms with van der Waals surface area (Å²) in [5.41, 5.74) is 1.28. The van der Waals surface area contributed by atoms with Gasteiger partial charge in [-0.05, 0) is 31.5 Å². The number of rotatable bonds is 10. The third kappa shape index (κ3) is 7.55. The van der Waals surface area contributed by atoms with Crippen LogP contribution in [-0.2, 0) is 14.3 Å². The molecule has 0 radical (unpaired) electrons. The number of aromatic nitrogens is 1. The number of thiol groups is 1. The fraction of sp³-hybridized carbons (Fsp3) is 0.429. The second kappa shape index (κ2) is 12.3. The molecular weight excluding hydrogens is 436 g/mol. The standard InChI is InChI=1S/C21H28N4O4S2/c1-4-6-7-11-25(16-10-8-9-15(12-16)23-14(3)26)21(28)24-20-22-13-17(31-20)18(30)19(27)29-5-2/h8-10,12-13,18,30H,4-7,11H2,1-3H3,(H,23,26)(H,22,24,28). The van der Waals surface area contributed by atoms with Gasteiger partial charge in [0.2, 0.25) is 5.91 Å². The van der Waals surface area contributed by atoms with Gasteiger partial charge in [-0.2, -0.15) is 12.6 Å². The topological polar surface area (TPSA) is 101 Å². The summed E-state index contributed by atoms with van der Waals surface area (Å²) in [5.74, 6) is -0.638. The molecule has 2 aromatic rings. The molecule has 168 valence electrons. The second-order valence-electron chi connectivity index (χ2n) is 6.74. The van der Waals surface area contributed by atoms with Crippen LogP contribution in [0.2, 0.25) is 0 Å². The lowest BCUT2D eigenvalue weighted by atomic mass is 10.2. The lowest BCUT2D eigenvalue weighted by Crippen LogP contribution is -2.35. The Kier molecular flexibility index (Phi) is 9.80. The van der Waals surface area contributed by atoms with E-state index in [4.69, 9.17) is 4.74 Å². The number of benzene rings is 1. The highest BCUT2D eigenvalue weighted by atomic mass is 32.1. The molecular formula is C21H28N4O4S2. The average Bonchev–Trinajstić information content (AvgIpc) is 3.18. The number of thiazole rings is 1. The minimum atomic E-state index is -0.752. The zero-order chi connectivity index (χ0) is 22.8. The number of urea groups is 1. The van der Waals surface area contributed by atoms with Crippen molar-refractivity contribution >= 4 is 58.4 Å². The number of hydrogen-bond acceptors (Lipinski definition) is 7. The second-order valence-corrected chi connectivity index (χ2v) is 8.32. The number of hydrogen-bond donors (Lipinski definition) is 3. The molecule has 1 unspecified atom stereocenters. The molecule has 10 heteroatoms. The molecule has 0 fully saturated rings. The molecule has 0 saturated heterocycles. The maximum atomic E-state index is 13.0. The van der Waals surface area contributed by atoms with Crippen LogP contribution in [0.25, 0.3) is 0 Å². The number of nitrogens with one attached hydrogen (secondary N) is 2. The van der Waals surface area contributed by atoms with E-state index in [9.17, 15) is 14.4 Å². The van der Waals surface area contributed by atoms with E-state index in [0.29, 0.717) is 27.9 Å². The Morgan fingerprint density at radius 1 is 1.23 bits per heavy atom. The molecule has 1 aromatic heterocycles. The van der Waals surface area contributed by atoms with E-state index in [1.54, 1.807) is 30.0 Å². The first-order valence-corrected chi connectivity index (χ1v) is 11.5. The molecule has 3 amide bonds. The monoisotopic (exact) mass is 464 g/mol. The minimum absolute atomic E-state index is 0.183. The van der Waals surface area contributed by atoms with Crippen molar-refractivity contribution in [2.45, 2.75) is 45.3 Å². The van der Waals surface area contributed by atoms with Crippen LogP contribution in [0.15, 0.2) is 30.5 Å². The average molecular weight is 465 g/mol. The van der Waals surface area contributed by atoms with Crippen LogP contribution in [0.5, 0.6) is 0 Å². The summed E-state index contributed by atoms with van der Waals surface area (Å²) in [7, 11) is 0. The Morgan fingerprint density at radius 3 is 2.68 bits per heavy atom. The van der Waals surface area contributed by atoms with Gasteiger partial charge in [-0.1, -0.05) is 37.2 Å². The number of nitrogens with zero attached hydrogens (tertiary/aromatic N) is 2. The molecule has 2 N–H and O–H groups in total. The van der Waals surface area contributed by atoms with Crippen LogP contribution in [-0.4, -0.2) is 36.0 Å². The zero-order valence-electron chi connectivity index (χ0n) is 17.9. The smallest absolute Gasteiger partial charge is 0.328 e. The lowest BCUT2D eigenvalue weighted by molar-refractivity contribution is -0.142. The van der Waals surface area contributed by atoms with Crippen LogP contribution in [0.3, 0.4) is 0 Å². The van der Waals surface area contributed by atoms with Crippen LogP contribution < -0.4 is 15.5 Å². The van der Waals surface area contributed by atoms with Crippen molar-refractivity contribution in [3.8, 4) is 0 Å². The molecule has 31 heavy (non-hydrogen) atoms. The summed E-state index contributed by atoms with van der Waals surface area (Å²) in [6.07, 6.45) is 4.35. The zero-order valence-corrected chi connectivity index (χ0v) is 19.6. The van der Waals surface area contributed by atoms with E-state index in [1.165, 1.54) is 24.5 Å². The van der Waals surface area contributed by atoms with Gasteiger partial charge in [-0.15, -0.1) is 0 Å². The summed E-state index contributed by atoms with van der Waals surface area (Å²) < 4.78 is 4.98. The summed E-state index contributed by atoms with van der Waals surface area (Å²) in [6.45, 7) is 6.03. The Morgan fingerprint density at radius 2 is 2.00 bits per heavy atom. The first-order chi connectivity index (χ1) is 14.8. The van der Waals surface area contributed by atoms with Gasteiger partial charge in [0.25, 0.3) is 0 Å². The quantitative estimate of drug-likeness (QED) is 0.265. The van der Waals surface area contributed by atoms with Crippen molar-refractivity contribution in [2.24, 2.45) is 0 Å². The molecule has 0 aliphatic carbocycles. The lowest BCUT2D eigenvalue weighted by Gasteiger charge is -2.23. The Balaban J connectivity index is 2.17. The third-order valence-electron chi connectivity index (χ3n) is 4.23. The molecule has 0 saturated carbocycles. The van der Waals surface area contributed by atoms with E-state index in [2.05, 4.69) is 35.2 Å². The highest BCUT2D eigenvalue weighted by Gasteiger charge is 2.22. The number of carbonyl (C=O) groups is 3. The minimum Gasteiger partial charge on any atom is -0.465 e. The molecule has 1 aromatic carbocycles. The van der Waals surface area contributed by atoms with Crippen LogP contribution in [0.4, 0.5) is 21.3 Å². The van der Waals surface area contributed by atoms with E-state index in [0.717, 1.165) is 19.3 Å². The Bertz CT molecular complexity index is 903. The first kappa shape index (κ1) is 24.7. The van der Waals surface area contributed by atoms with Gasteiger partial charge in [-0.25, -0.2) is 9.78 Å². The molecule has 2 rings (SSSR count). The van der Waals surface area contributed by atoms with Crippen molar-refractivity contribution in [3.05, 3.63) is 35.3 Å².